The molecule has 0 atom stereocenters. The Morgan fingerprint density at radius 1 is 0.871 bits per heavy atom. The van der Waals surface area contributed by atoms with Crippen LogP contribution in [0.1, 0.15) is 5.56 Å². The number of barbiturate groups is 1. The minimum absolute atomic E-state index is 0.140. The minimum Gasteiger partial charge on any atom is -0.378 e. The van der Waals surface area contributed by atoms with Gasteiger partial charge in [0.25, 0.3) is 17.5 Å². The van der Waals surface area contributed by atoms with Crippen LogP contribution in [0.5, 0.6) is 0 Å². The van der Waals surface area contributed by atoms with Crippen molar-refractivity contribution >= 4 is 41.0 Å². The molecule has 0 bridgehead atoms. The Balaban J connectivity index is 1.84. The Hall–Kier alpha value is -3.51. The molecule has 0 spiro atoms. The number of nitro groups is 1. The molecule has 0 saturated carbocycles. The van der Waals surface area contributed by atoms with E-state index in [-0.39, 0.29) is 11.3 Å². The van der Waals surface area contributed by atoms with Crippen LogP contribution in [-0.4, -0.2) is 75.4 Å². The number of benzene rings is 1. The highest BCUT2D eigenvalue weighted by atomic mass is 16.6. The number of nitrogens with zero attached hydrogens (tertiary/aromatic N) is 3. The number of hydrogen-bond acceptors (Lipinski definition) is 9. The Kier molecular flexibility index (Phi) is 5.82. The number of urea groups is 1. The monoisotopic (exact) mass is 431 g/mol. The van der Waals surface area contributed by atoms with Crippen LogP contribution in [0.3, 0.4) is 0 Å². The molecule has 0 aromatic heterocycles. The lowest BCUT2D eigenvalue weighted by molar-refractivity contribution is -0.384. The second-order valence-corrected chi connectivity index (χ2v) is 7.15. The molecule has 1 aromatic rings. The molecule has 4 amide bonds. The van der Waals surface area contributed by atoms with E-state index in [0.29, 0.717) is 69.5 Å². The quantitative estimate of drug-likeness (QED) is 0.292. The van der Waals surface area contributed by atoms with Gasteiger partial charge in [-0.25, -0.2) is 4.79 Å². The Labute approximate surface area is 176 Å². The summed E-state index contributed by atoms with van der Waals surface area (Å²) in [5.41, 5.74) is 0.978. The maximum atomic E-state index is 12.2. The SMILES string of the molecule is O=C1NC(=O)C(=Cc2cc([N+](=O)[O-])c(N3CCOCC3)cc2N2CCOCC2)C(=O)N1. The van der Waals surface area contributed by atoms with Crippen molar-refractivity contribution in [2.45, 2.75) is 0 Å². The third-order valence-electron chi connectivity index (χ3n) is 5.27. The molecule has 3 saturated heterocycles. The van der Waals surface area contributed by atoms with Crippen LogP contribution in [0, 0.1) is 10.1 Å². The van der Waals surface area contributed by atoms with Gasteiger partial charge in [0.2, 0.25) is 0 Å². The maximum Gasteiger partial charge on any atom is 0.328 e. The largest absolute Gasteiger partial charge is 0.378 e. The number of amides is 4. The van der Waals surface area contributed by atoms with Gasteiger partial charge in [0, 0.05) is 43.5 Å². The van der Waals surface area contributed by atoms with Crippen LogP contribution >= 0.6 is 0 Å². The van der Waals surface area contributed by atoms with E-state index in [2.05, 4.69) is 0 Å². The molecule has 0 aliphatic carbocycles. The summed E-state index contributed by atoms with van der Waals surface area (Å²) in [7, 11) is 0. The van der Waals surface area contributed by atoms with Crippen LogP contribution in [0.2, 0.25) is 0 Å². The highest BCUT2D eigenvalue weighted by Gasteiger charge is 2.30. The standard InChI is InChI=1S/C19H21N5O7/c25-17-13(18(26)21-19(27)20-17)9-12-10-16(24(28)29)15(23-3-7-31-8-4-23)11-14(12)22-1-5-30-6-2-22/h9-11H,1-8H2,(H2,20,21,25,26,27). The van der Waals surface area contributed by atoms with Crippen LogP contribution in [0.25, 0.3) is 6.08 Å². The van der Waals surface area contributed by atoms with E-state index in [1.54, 1.807) is 6.07 Å². The highest BCUT2D eigenvalue weighted by Crippen LogP contribution is 2.37. The second kappa shape index (κ2) is 8.70. The fraction of sp³-hybridized carbons (Fsp3) is 0.421. The fourth-order valence-corrected chi connectivity index (χ4v) is 3.74. The molecule has 0 radical (unpaired) electrons. The summed E-state index contributed by atoms with van der Waals surface area (Å²) in [5, 5.41) is 15.9. The summed E-state index contributed by atoms with van der Waals surface area (Å²) in [5.74, 6) is -1.72. The number of anilines is 2. The average molecular weight is 431 g/mol. The van der Waals surface area contributed by atoms with Gasteiger partial charge in [0.1, 0.15) is 11.3 Å². The van der Waals surface area contributed by atoms with Crippen molar-refractivity contribution in [1.82, 2.24) is 10.6 Å². The first-order valence-corrected chi connectivity index (χ1v) is 9.80. The summed E-state index contributed by atoms with van der Waals surface area (Å²) in [4.78, 5) is 51.0. The second-order valence-electron chi connectivity index (χ2n) is 7.15. The molecule has 31 heavy (non-hydrogen) atoms. The molecular weight excluding hydrogens is 410 g/mol. The molecule has 3 aliphatic rings. The van der Waals surface area contributed by atoms with Gasteiger partial charge in [-0.15, -0.1) is 0 Å². The fourth-order valence-electron chi connectivity index (χ4n) is 3.74. The Morgan fingerprint density at radius 3 is 1.90 bits per heavy atom. The first-order chi connectivity index (χ1) is 14.9. The Morgan fingerprint density at radius 2 is 1.39 bits per heavy atom. The number of hydrogen-bond donors (Lipinski definition) is 2. The first kappa shape index (κ1) is 20.8. The van der Waals surface area contributed by atoms with Crippen LogP contribution < -0.4 is 20.4 Å². The van der Waals surface area contributed by atoms with E-state index < -0.39 is 22.8 Å². The summed E-state index contributed by atoms with van der Waals surface area (Å²) in [6.07, 6.45) is 1.28. The highest BCUT2D eigenvalue weighted by molar-refractivity contribution is 6.31. The van der Waals surface area contributed by atoms with Gasteiger partial charge in [-0.05, 0) is 12.1 Å². The number of nitrogens with one attached hydrogen (secondary N) is 2. The van der Waals surface area contributed by atoms with E-state index in [0.717, 1.165) is 0 Å². The number of carbonyl (C=O) groups is 3. The molecule has 12 nitrogen and oxygen atoms in total. The van der Waals surface area contributed by atoms with Crippen molar-refractivity contribution in [2.75, 3.05) is 62.4 Å². The molecule has 164 valence electrons. The van der Waals surface area contributed by atoms with E-state index in [1.165, 1.54) is 12.1 Å². The van der Waals surface area contributed by atoms with Crippen LogP contribution in [0.4, 0.5) is 21.9 Å². The van der Waals surface area contributed by atoms with E-state index in [9.17, 15) is 24.5 Å². The third kappa shape index (κ3) is 4.34. The van der Waals surface area contributed by atoms with E-state index in [4.69, 9.17) is 9.47 Å². The van der Waals surface area contributed by atoms with Crippen molar-refractivity contribution < 1.29 is 28.8 Å². The molecular formula is C19H21N5O7. The zero-order chi connectivity index (χ0) is 22.0. The van der Waals surface area contributed by atoms with Gasteiger partial charge in [0.15, 0.2) is 0 Å². The number of carbonyl (C=O) groups excluding carboxylic acids is 3. The minimum atomic E-state index is -0.908. The van der Waals surface area contributed by atoms with Gasteiger partial charge in [-0.1, -0.05) is 0 Å². The summed E-state index contributed by atoms with van der Waals surface area (Å²) in [6, 6.07) is 2.17. The molecule has 2 N–H and O–H groups in total. The van der Waals surface area contributed by atoms with Gasteiger partial charge in [-0.3, -0.25) is 30.3 Å². The van der Waals surface area contributed by atoms with Crippen molar-refractivity contribution in [1.29, 1.82) is 0 Å². The lowest BCUT2D eigenvalue weighted by Crippen LogP contribution is -2.51. The van der Waals surface area contributed by atoms with Gasteiger partial charge in [0.05, 0.1) is 31.4 Å². The number of nitro benzene ring substituents is 1. The lowest BCUT2D eigenvalue weighted by atomic mass is 10.0. The predicted octanol–water partition coefficient (Wildman–Crippen LogP) is 0.0174. The van der Waals surface area contributed by atoms with Gasteiger partial charge < -0.3 is 19.3 Å². The van der Waals surface area contributed by atoms with Crippen LogP contribution in [0.15, 0.2) is 17.7 Å². The summed E-state index contributed by atoms with van der Waals surface area (Å²) >= 11 is 0. The number of rotatable bonds is 4. The molecule has 1 aromatic carbocycles. The molecule has 3 fully saturated rings. The summed E-state index contributed by atoms with van der Waals surface area (Å²) in [6.45, 7) is 4.01. The molecule has 3 heterocycles. The topological polar surface area (TPSA) is 143 Å². The number of imide groups is 2. The third-order valence-corrected chi connectivity index (χ3v) is 5.27. The molecule has 4 rings (SSSR count). The normalized spacial score (nSPS) is 19.7. The zero-order valence-corrected chi connectivity index (χ0v) is 16.6. The number of ether oxygens (including phenoxy) is 2. The van der Waals surface area contributed by atoms with Gasteiger partial charge >= 0.3 is 6.03 Å². The average Bonchev–Trinajstić information content (AvgIpc) is 2.77. The molecule has 3 aliphatic heterocycles. The smallest absolute Gasteiger partial charge is 0.328 e. The molecule has 0 unspecified atom stereocenters. The van der Waals surface area contributed by atoms with Crippen molar-refractivity contribution in [3.8, 4) is 0 Å². The summed E-state index contributed by atoms with van der Waals surface area (Å²) < 4.78 is 10.8. The Bertz CT molecular complexity index is 943. The van der Waals surface area contributed by atoms with Crippen molar-refractivity contribution in [2.24, 2.45) is 0 Å². The van der Waals surface area contributed by atoms with E-state index >= 15 is 0 Å². The maximum absolute atomic E-state index is 12.2. The van der Waals surface area contributed by atoms with Gasteiger partial charge in [-0.2, -0.15) is 0 Å². The number of morpholine rings is 2. The first-order valence-electron chi connectivity index (χ1n) is 9.80. The van der Waals surface area contributed by atoms with Crippen molar-refractivity contribution in [3.05, 3.63) is 33.4 Å². The zero-order valence-electron chi connectivity index (χ0n) is 16.6. The van der Waals surface area contributed by atoms with Crippen LogP contribution in [-0.2, 0) is 19.1 Å². The van der Waals surface area contributed by atoms with Crippen molar-refractivity contribution in [3.63, 3.8) is 0 Å². The molecule has 12 heteroatoms. The predicted molar refractivity (Wildman–Crippen MR) is 109 cm³/mol. The van der Waals surface area contributed by atoms with E-state index in [1.807, 2.05) is 20.4 Å². The lowest BCUT2D eigenvalue weighted by Gasteiger charge is -2.33.